The van der Waals surface area contributed by atoms with Crippen LogP contribution in [-0.4, -0.2) is 32.2 Å². The van der Waals surface area contributed by atoms with Gasteiger partial charge in [-0.3, -0.25) is 4.79 Å². The molecule has 2 aromatic rings. The van der Waals surface area contributed by atoms with Crippen LogP contribution in [0.2, 0.25) is 0 Å². The zero-order valence-electron chi connectivity index (χ0n) is 11.2. The van der Waals surface area contributed by atoms with Crippen molar-refractivity contribution in [1.29, 1.82) is 0 Å². The van der Waals surface area contributed by atoms with Crippen LogP contribution in [0.25, 0.3) is 6.08 Å². The third kappa shape index (κ3) is 3.24. The number of carboxylic acid groups (broad SMARTS) is 1. The molecule has 22 heavy (non-hydrogen) atoms. The smallest absolute Gasteiger partial charge is 0.339 e. The van der Waals surface area contributed by atoms with Gasteiger partial charge in [-0.15, -0.1) is 0 Å². The molecule has 0 unspecified atom stereocenters. The number of aromatic carboxylic acids is 1. The van der Waals surface area contributed by atoms with E-state index in [1.165, 1.54) is 18.2 Å². The average molecular weight is 300 g/mol. The Morgan fingerprint density at radius 2 is 1.45 bits per heavy atom. The topological polar surface area (TPSA) is 115 Å². The molecule has 0 heterocycles. The number of benzene rings is 2. The SMILES string of the molecule is O=C(O)c1cc(C(=O)C=Cc2ccc(O)cc2)c(O)cc1O. The van der Waals surface area contributed by atoms with Crippen molar-refractivity contribution >= 4 is 17.8 Å². The van der Waals surface area contributed by atoms with Gasteiger partial charge in [0.15, 0.2) is 5.78 Å². The summed E-state index contributed by atoms with van der Waals surface area (Å²) in [5.41, 5.74) is -0.0627. The molecule has 6 nitrogen and oxygen atoms in total. The number of allylic oxidation sites excluding steroid dienone is 1. The van der Waals surface area contributed by atoms with Crippen LogP contribution in [0.5, 0.6) is 17.2 Å². The van der Waals surface area contributed by atoms with E-state index in [1.54, 1.807) is 12.1 Å². The van der Waals surface area contributed by atoms with Crippen LogP contribution in [0.1, 0.15) is 26.3 Å². The summed E-state index contributed by atoms with van der Waals surface area (Å²) in [5, 5.41) is 37.1. The van der Waals surface area contributed by atoms with Crippen LogP contribution in [-0.2, 0) is 0 Å². The Morgan fingerprint density at radius 1 is 0.864 bits per heavy atom. The van der Waals surface area contributed by atoms with E-state index < -0.39 is 28.8 Å². The van der Waals surface area contributed by atoms with Gasteiger partial charge < -0.3 is 20.4 Å². The van der Waals surface area contributed by atoms with Gasteiger partial charge in [0.25, 0.3) is 0 Å². The first-order valence-corrected chi connectivity index (χ1v) is 6.19. The number of rotatable bonds is 4. The van der Waals surface area contributed by atoms with Gasteiger partial charge in [0, 0.05) is 6.07 Å². The quantitative estimate of drug-likeness (QED) is 0.509. The maximum Gasteiger partial charge on any atom is 0.339 e. The highest BCUT2D eigenvalue weighted by atomic mass is 16.4. The van der Waals surface area contributed by atoms with Crippen molar-refractivity contribution in [3.63, 3.8) is 0 Å². The van der Waals surface area contributed by atoms with E-state index in [2.05, 4.69) is 0 Å². The van der Waals surface area contributed by atoms with E-state index >= 15 is 0 Å². The minimum absolute atomic E-state index is 0.0887. The van der Waals surface area contributed by atoms with Crippen LogP contribution in [0.15, 0.2) is 42.5 Å². The number of carboxylic acids is 1. The highest BCUT2D eigenvalue weighted by molar-refractivity contribution is 6.10. The van der Waals surface area contributed by atoms with Gasteiger partial charge in [0.2, 0.25) is 0 Å². The minimum Gasteiger partial charge on any atom is -0.508 e. The van der Waals surface area contributed by atoms with E-state index in [9.17, 15) is 19.8 Å². The van der Waals surface area contributed by atoms with Crippen molar-refractivity contribution in [2.45, 2.75) is 0 Å². The van der Waals surface area contributed by atoms with Gasteiger partial charge >= 0.3 is 5.97 Å². The van der Waals surface area contributed by atoms with Gasteiger partial charge in [-0.25, -0.2) is 4.79 Å². The summed E-state index contributed by atoms with van der Waals surface area (Å²) in [7, 11) is 0. The lowest BCUT2D eigenvalue weighted by molar-refractivity contribution is 0.0693. The summed E-state index contributed by atoms with van der Waals surface area (Å²) in [6.45, 7) is 0. The lowest BCUT2D eigenvalue weighted by Crippen LogP contribution is -2.02. The van der Waals surface area contributed by atoms with E-state index in [-0.39, 0.29) is 11.3 Å². The summed E-state index contributed by atoms with van der Waals surface area (Å²) >= 11 is 0. The second-order valence-electron chi connectivity index (χ2n) is 4.48. The molecule has 0 aromatic heterocycles. The number of phenolic OH excluding ortho intramolecular Hbond substituents is 2. The standard InChI is InChI=1S/C16H12O6/c17-10-4-1-9(2-5-10)3-6-13(18)11-7-12(16(21)22)15(20)8-14(11)19/h1-8,17,19-20H,(H,21,22). The van der Waals surface area contributed by atoms with Crippen molar-refractivity contribution in [2.24, 2.45) is 0 Å². The molecule has 112 valence electrons. The zero-order chi connectivity index (χ0) is 16.3. The van der Waals surface area contributed by atoms with Crippen molar-refractivity contribution in [2.75, 3.05) is 0 Å². The highest BCUT2D eigenvalue weighted by Crippen LogP contribution is 2.28. The van der Waals surface area contributed by atoms with Crippen molar-refractivity contribution < 1.29 is 30.0 Å². The second-order valence-corrected chi connectivity index (χ2v) is 4.48. The molecule has 0 saturated carbocycles. The molecule has 0 spiro atoms. The third-order valence-electron chi connectivity index (χ3n) is 2.93. The van der Waals surface area contributed by atoms with Gasteiger partial charge in [0.05, 0.1) is 5.56 Å². The summed E-state index contributed by atoms with van der Waals surface area (Å²) < 4.78 is 0. The van der Waals surface area contributed by atoms with Gasteiger partial charge in [-0.2, -0.15) is 0 Å². The number of ketones is 1. The molecule has 0 aliphatic heterocycles. The Bertz CT molecular complexity index is 759. The van der Waals surface area contributed by atoms with E-state index in [4.69, 9.17) is 10.2 Å². The molecule has 0 radical (unpaired) electrons. The monoisotopic (exact) mass is 300 g/mol. The summed E-state index contributed by atoms with van der Waals surface area (Å²) in [6.07, 6.45) is 2.61. The molecule has 2 rings (SSSR count). The number of phenols is 3. The zero-order valence-corrected chi connectivity index (χ0v) is 11.2. The van der Waals surface area contributed by atoms with Crippen LogP contribution >= 0.6 is 0 Å². The predicted octanol–water partition coefficient (Wildman–Crippen LogP) is 2.40. The Hall–Kier alpha value is -3.28. The molecule has 2 aromatic carbocycles. The molecule has 0 aliphatic carbocycles. The maximum absolute atomic E-state index is 12.0. The normalized spacial score (nSPS) is 10.7. The first kappa shape index (κ1) is 15.1. The second kappa shape index (κ2) is 6.01. The molecule has 0 fully saturated rings. The number of carbonyl (C=O) groups is 2. The number of hydrogen-bond donors (Lipinski definition) is 4. The van der Waals surface area contributed by atoms with Gasteiger partial charge in [-0.05, 0) is 29.8 Å². The molecule has 0 amide bonds. The lowest BCUT2D eigenvalue weighted by atomic mass is 10.0. The first-order chi connectivity index (χ1) is 10.4. The maximum atomic E-state index is 12.0. The number of hydrogen-bond acceptors (Lipinski definition) is 5. The van der Waals surface area contributed by atoms with Crippen LogP contribution in [0.3, 0.4) is 0 Å². The molecule has 4 N–H and O–H groups in total. The molecular weight excluding hydrogens is 288 g/mol. The van der Waals surface area contributed by atoms with Gasteiger partial charge in [-0.1, -0.05) is 18.2 Å². The molecule has 6 heteroatoms. The van der Waals surface area contributed by atoms with E-state index in [0.717, 1.165) is 18.2 Å². The fourth-order valence-corrected chi connectivity index (χ4v) is 1.79. The summed E-state index contributed by atoms with van der Waals surface area (Å²) in [4.78, 5) is 22.9. The fraction of sp³-hybridized carbons (Fsp3) is 0. The highest BCUT2D eigenvalue weighted by Gasteiger charge is 2.17. The molecule has 0 aliphatic rings. The van der Waals surface area contributed by atoms with Crippen LogP contribution in [0, 0.1) is 0 Å². The van der Waals surface area contributed by atoms with Gasteiger partial charge in [0.1, 0.15) is 22.8 Å². The fourth-order valence-electron chi connectivity index (χ4n) is 1.79. The summed E-state index contributed by atoms with van der Waals surface area (Å²) in [6, 6.07) is 7.79. The third-order valence-corrected chi connectivity index (χ3v) is 2.93. The largest absolute Gasteiger partial charge is 0.508 e. The molecule has 0 saturated heterocycles. The number of carbonyl (C=O) groups excluding carboxylic acids is 1. The average Bonchev–Trinajstić information content (AvgIpc) is 2.46. The van der Waals surface area contributed by atoms with E-state index in [0.29, 0.717) is 5.56 Å². The molecule has 0 bridgehead atoms. The van der Waals surface area contributed by atoms with Crippen molar-refractivity contribution in [3.05, 3.63) is 59.2 Å². The predicted molar refractivity (Wildman–Crippen MR) is 78.2 cm³/mol. The Labute approximate surface area is 125 Å². The van der Waals surface area contributed by atoms with Crippen molar-refractivity contribution in [1.82, 2.24) is 0 Å². The van der Waals surface area contributed by atoms with Crippen LogP contribution in [0.4, 0.5) is 0 Å². The van der Waals surface area contributed by atoms with E-state index in [1.807, 2.05) is 0 Å². The number of aromatic hydroxyl groups is 3. The lowest BCUT2D eigenvalue weighted by Gasteiger charge is -2.05. The summed E-state index contributed by atoms with van der Waals surface area (Å²) in [5.74, 6) is -3.07. The molecular formula is C16H12O6. The first-order valence-electron chi connectivity index (χ1n) is 6.19. The molecule has 0 atom stereocenters. The van der Waals surface area contributed by atoms with Crippen LogP contribution < -0.4 is 0 Å². The Balaban J connectivity index is 2.31. The van der Waals surface area contributed by atoms with Crippen molar-refractivity contribution in [3.8, 4) is 17.2 Å². The minimum atomic E-state index is -1.41. The Kier molecular flexibility index (Phi) is 4.13. The Morgan fingerprint density at radius 3 is 2.05 bits per heavy atom.